The van der Waals surface area contributed by atoms with E-state index in [2.05, 4.69) is 12.6 Å². The molecule has 0 spiro atoms. The Hall–Kier alpha value is 1.95. The van der Waals surface area contributed by atoms with Crippen molar-refractivity contribution in [2.45, 2.75) is 0 Å². The summed E-state index contributed by atoms with van der Waals surface area (Å²) in [5, 5.41) is 7.38. The van der Waals surface area contributed by atoms with Gasteiger partial charge in [-0.3, -0.25) is 0 Å². The van der Waals surface area contributed by atoms with Gasteiger partial charge in [-0.25, -0.2) is 0 Å². The first kappa shape index (κ1) is 9.34. The third kappa shape index (κ3) is 9.04. The Kier molecular flexibility index (Phi) is 20.7. The van der Waals surface area contributed by atoms with Crippen LogP contribution in [0.3, 0.4) is 0 Å². The Bertz CT molecular complexity index is 8.00. The van der Waals surface area contributed by atoms with Crippen LogP contribution in [0.1, 0.15) is 0 Å². The number of aliphatic hydroxyl groups excluding tert-OH is 1. The number of rotatable bonds is 0. The topological polar surface area (TPSA) is 20.2 Å². The van der Waals surface area contributed by atoms with Gasteiger partial charge in [0.2, 0.25) is 0 Å². The molecule has 0 saturated carbocycles. The van der Waals surface area contributed by atoms with Gasteiger partial charge in [0, 0.05) is 0 Å². The van der Waals surface area contributed by atoms with Gasteiger partial charge < -0.3 is 17.7 Å². The van der Waals surface area contributed by atoms with Gasteiger partial charge in [0.15, 0.2) is 0 Å². The predicted octanol–water partition coefficient (Wildman–Crippen LogP) is -3.51. The van der Waals surface area contributed by atoms with Crippen LogP contribution in [0.25, 0.3) is 0 Å². The molecule has 4 heavy (non-hydrogen) atoms. The molecule has 0 rings (SSSR count). The smallest absolute Gasteiger partial charge is 0.765 e. The zero-order chi connectivity index (χ0) is 2.71. The quantitative estimate of drug-likeness (QED) is 0.253. The van der Waals surface area contributed by atoms with E-state index in [1.807, 2.05) is 0 Å². The Morgan fingerprint density at radius 3 is 1.75 bits per heavy atom. The molecule has 0 aromatic rings. The second-order valence-electron chi connectivity index (χ2n) is 0.129. The van der Waals surface area contributed by atoms with E-state index < -0.39 is 0 Å². The van der Waals surface area contributed by atoms with E-state index in [0.717, 1.165) is 0 Å². The van der Waals surface area contributed by atoms with E-state index in [1.165, 1.54) is 0 Å². The zero-order valence-corrected chi connectivity index (χ0v) is 6.50. The summed E-state index contributed by atoms with van der Waals surface area (Å²) in [7, 11) is 0. The summed E-state index contributed by atoms with van der Waals surface area (Å²) in [6, 6.07) is 0. The van der Waals surface area contributed by atoms with E-state index in [-0.39, 0.29) is 57.3 Å². The van der Waals surface area contributed by atoms with Crippen molar-refractivity contribution in [2.75, 3.05) is 5.94 Å². The molecule has 0 aliphatic carbocycles. The first-order valence-electron chi connectivity index (χ1n) is 0.605. The first-order valence-corrected chi connectivity index (χ1v) is 1.18. The van der Waals surface area contributed by atoms with Crippen LogP contribution in [0.2, 0.25) is 0 Å². The van der Waals surface area contributed by atoms with Crippen LogP contribution >= 0.6 is 0 Å². The molecule has 0 heterocycles. The Labute approximate surface area is 73.6 Å². The average molecular weight is 102 g/mol. The van der Waals surface area contributed by atoms with E-state index in [0.29, 0.717) is 0 Å². The molecular formula is CH3KOS. The van der Waals surface area contributed by atoms with Crippen molar-refractivity contribution in [1.82, 2.24) is 0 Å². The molecule has 0 aromatic heterocycles. The molecule has 0 atom stereocenters. The van der Waals surface area contributed by atoms with Crippen molar-refractivity contribution in [3.63, 3.8) is 0 Å². The van der Waals surface area contributed by atoms with Crippen molar-refractivity contribution in [3.8, 4) is 0 Å². The second-order valence-corrected chi connectivity index (χ2v) is 0.387. The van der Waals surface area contributed by atoms with Crippen molar-refractivity contribution in [1.29, 1.82) is 0 Å². The van der Waals surface area contributed by atoms with Gasteiger partial charge in [-0.05, 0) is 0 Å². The molecule has 0 saturated heterocycles. The van der Waals surface area contributed by atoms with Gasteiger partial charge in [0.1, 0.15) is 0 Å². The predicted molar refractivity (Wildman–Crippen MR) is 14.5 cm³/mol. The average Bonchev–Trinajstić information content (AvgIpc) is 0.918. The SMILES string of the molecule is OC[S-].[K+]. The number of aliphatic hydroxyl groups is 1. The summed E-state index contributed by atoms with van der Waals surface area (Å²) in [4.78, 5) is 0. The summed E-state index contributed by atoms with van der Waals surface area (Å²) in [5.41, 5.74) is 0. The van der Waals surface area contributed by atoms with Crippen LogP contribution in [-0.2, 0) is 12.6 Å². The molecule has 1 N–H and O–H groups in total. The number of hydrogen-bond donors (Lipinski definition) is 1. The van der Waals surface area contributed by atoms with Gasteiger partial charge in [0.25, 0.3) is 0 Å². The molecule has 0 aliphatic rings. The molecule has 20 valence electrons. The Morgan fingerprint density at radius 1 is 1.75 bits per heavy atom. The third-order valence-electron chi connectivity index (χ3n) is 0. The van der Waals surface area contributed by atoms with Crippen molar-refractivity contribution in [2.24, 2.45) is 0 Å². The molecule has 3 heteroatoms. The third-order valence-corrected chi connectivity index (χ3v) is 0. The van der Waals surface area contributed by atoms with Gasteiger partial charge in [-0.15, -0.1) is 0 Å². The molecule has 0 bridgehead atoms. The van der Waals surface area contributed by atoms with Crippen LogP contribution in [0, 0.1) is 0 Å². The largest absolute Gasteiger partial charge is 1.00 e. The summed E-state index contributed by atoms with van der Waals surface area (Å²) in [5.74, 6) is -0.167. The summed E-state index contributed by atoms with van der Waals surface area (Å²) >= 11 is 3.95. The fourth-order valence-electron chi connectivity index (χ4n) is 0. The Balaban J connectivity index is 0. The maximum absolute atomic E-state index is 7.38. The van der Waals surface area contributed by atoms with Crippen molar-refractivity contribution < 1.29 is 56.5 Å². The van der Waals surface area contributed by atoms with Gasteiger partial charge in [0.05, 0.1) is 0 Å². The van der Waals surface area contributed by atoms with Gasteiger partial charge in [-0.1, -0.05) is 5.94 Å². The summed E-state index contributed by atoms with van der Waals surface area (Å²) in [6.45, 7) is 0. The monoisotopic (exact) mass is 102 g/mol. The molecular weight excluding hydrogens is 99.2 g/mol. The van der Waals surface area contributed by atoms with Crippen molar-refractivity contribution in [3.05, 3.63) is 0 Å². The summed E-state index contributed by atoms with van der Waals surface area (Å²) in [6.07, 6.45) is 0. The fraction of sp³-hybridized carbons (Fsp3) is 1.00. The molecule has 0 aliphatic heterocycles. The maximum Gasteiger partial charge on any atom is 1.00 e. The fourth-order valence-corrected chi connectivity index (χ4v) is 0. The molecule has 0 fully saturated rings. The van der Waals surface area contributed by atoms with Crippen LogP contribution in [0.5, 0.6) is 0 Å². The van der Waals surface area contributed by atoms with Gasteiger partial charge >= 0.3 is 51.4 Å². The zero-order valence-electron chi connectivity index (χ0n) is 2.56. The first-order chi connectivity index (χ1) is 1.41. The van der Waals surface area contributed by atoms with Crippen LogP contribution in [0.15, 0.2) is 0 Å². The molecule has 1 nitrogen and oxygen atoms in total. The summed E-state index contributed by atoms with van der Waals surface area (Å²) < 4.78 is 0. The van der Waals surface area contributed by atoms with Crippen LogP contribution < -0.4 is 51.4 Å². The van der Waals surface area contributed by atoms with Crippen LogP contribution in [0.4, 0.5) is 0 Å². The number of hydrogen-bond acceptors (Lipinski definition) is 2. The minimum Gasteiger partial charge on any atom is -0.765 e. The molecule has 0 aromatic carbocycles. The van der Waals surface area contributed by atoms with Crippen molar-refractivity contribution >= 4 is 12.6 Å². The van der Waals surface area contributed by atoms with E-state index in [1.54, 1.807) is 0 Å². The van der Waals surface area contributed by atoms with E-state index in [4.69, 9.17) is 5.11 Å². The van der Waals surface area contributed by atoms with Crippen LogP contribution in [-0.4, -0.2) is 11.0 Å². The minimum absolute atomic E-state index is 0. The van der Waals surface area contributed by atoms with E-state index >= 15 is 0 Å². The molecule has 0 amide bonds. The second kappa shape index (κ2) is 8.87. The molecule has 0 unspecified atom stereocenters. The Morgan fingerprint density at radius 2 is 1.75 bits per heavy atom. The normalized spacial score (nSPS) is 4.50. The standard InChI is InChI=1S/CH4OS.K/c2-1-3;/h2-3H,1H2;/q;+1/p-1. The van der Waals surface area contributed by atoms with Gasteiger partial charge in [-0.2, -0.15) is 0 Å². The minimum atomic E-state index is -0.167. The molecule has 0 radical (unpaired) electrons. The maximum atomic E-state index is 7.38. The van der Waals surface area contributed by atoms with E-state index in [9.17, 15) is 0 Å².